The van der Waals surface area contributed by atoms with Crippen LogP contribution in [0.1, 0.15) is 6.42 Å². The topological polar surface area (TPSA) is 38.8 Å². The van der Waals surface area contributed by atoms with E-state index in [2.05, 4.69) is 4.74 Å². The summed E-state index contributed by atoms with van der Waals surface area (Å²) in [5.41, 5.74) is 0. The highest BCUT2D eigenvalue weighted by Gasteiger charge is 2.67. The minimum absolute atomic E-state index is 0.137. The molecule has 8 heteroatoms. The van der Waals surface area contributed by atoms with Gasteiger partial charge in [-0.2, -0.15) is 13.2 Å². The lowest BCUT2D eigenvalue weighted by Gasteiger charge is -2.42. The average molecular weight is 299 g/mol. The zero-order chi connectivity index (χ0) is 14.3. The maximum absolute atomic E-state index is 13.5. The summed E-state index contributed by atoms with van der Waals surface area (Å²) in [6, 6.07) is -0.560. The van der Waals surface area contributed by atoms with Crippen molar-refractivity contribution in [1.82, 2.24) is 4.90 Å². The third kappa shape index (κ3) is 2.23. The molecule has 2 rings (SSSR count). The average Bonchev–Trinajstić information content (AvgIpc) is 2.73. The first-order valence-electron chi connectivity index (χ1n) is 5.91. The van der Waals surface area contributed by atoms with Crippen molar-refractivity contribution in [2.24, 2.45) is 5.92 Å². The number of fused-ring (bicyclic) bond motifs is 1. The molecule has 0 radical (unpaired) electrons. The van der Waals surface area contributed by atoms with Gasteiger partial charge in [0.15, 0.2) is 4.87 Å². The van der Waals surface area contributed by atoms with Crippen LogP contribution in [0.15, 0.2) is 0 Å². The van der Waals surface area contributed by atoms with Crippen LogP contribution < -0.4 is 0 Å². The minimum atomic E-state index is -4.40. The number of morpholine rings is 1. The van der Waals surface area contributed by atoms with Gasteiger partial charge >= 0.3 is 12.1 Å². The summed E-state index contributed by atoms with van der Waals surface area (Å²) in [6.07, 6.45) is -3.25. The van der Waals surface area contributed by atoms with Gasteiger partial charge in [0.25, 0.3) is 0 Å². The number of alkyl halides is 3. The molecule has 0 saturated carbocycles. The Morgan fingerprint density at radius 3 is 2.74 bits per heavy atom. The molecule has 19 heavy (non-hydrogen) atoms. The molecular weight excluding hydrogens is 283 g/mol. The summed E-state index contributed by atoms with van der Waals surface area (Å²) >= 11 is 0.742. The fourth-order valence-electron chi connectivity index (χ4n) is 2.94. The third-order valence-electron chi connectivity index (χ3n) is 3.88. The van der Waals surface area contributed by atoms with Gasteiger partial charge in [0, 0.05) is 12.6 Å². The second-order valence-corrected chi connectivity index (χ2v) is 5.74. The first-order chi connectivity index (χ1) is 8.87. The van der Waals surface area contributed by atoms with Gasteiger partial charge in [-0.05, 0) is 12.7 Å². The maximum atomic E-state index is 13.5. The lowest BCUT2D eigenvalue weighted by molar-refractivity contribution is -0.200. The molecule has 4 nitrogen and oxygen atoms in total. The van der Waals surface area contributed by atoms with E-state index in [-0.39, 0.29) is 26.2 Å². The molecule has 2 aliphatic rings. The van der Waals surface area contributed by atoms with Crippen LogP contribution in [0.2, 0.25) is 0 Å². The van der Waals surface area contributed by atoms with Crippen LogP contribution in [-0.2, 0) is 14.3 Å². The summed E-state index contributed by atoms with van der Waals surface area (Å²) in [4.78, 5) is 11.1. The van der Waals surface area contributed by atoms with Crippen LogP contribution in [0.4, 0.5) is 13.2 Å². The normalized spacial score (nSPS) is 36.1. The Kier molecular flexibility index (Phi) is 4.04. The fourth-order valence-corrected chi connectivity index (χ4v) is 3.98. The summed E-state index contributed by atoms with van der Waals surface area (Å²) in [5, 5.41) is 0. The van der Waals surface area contributed by atoms with E-state index in [1.165, 1.54) is 18.3 Å². The molecule has 0 aromatic carbocycles. The van der Waals surface area contributed by atoms with Gasteiger partial charge in [0.2, 0.25) is 0 Å². The number of hydrogen-bond donors (Lipinski definition) is 0. The summed E-state index contributed by atoms with van der Waals surface area (Å²) in [6.45, 7) is 0.569. The van der Waals surface area contributed by atoms with E-state index in [4.69, 9.17) is 4.74 Å². The molecule has 0 aliphatic carbocycles. The predicted octanol–water partition coefficient (Wildman–Crippen LogP) is 1.50. The second kappa shape index (κ2) is 5.14. The van der Waals surface area contributed by atoms with Gasteiger partial charge in [0.05, 0.1) is 26.2 Å². The number of halogens is 3. The maximum Gasteiger partial charge on any atom is 0.416 e. The van der Waals surface area contributed by atoms with Gasteiger partial charge in [-0.25, -0.2) is 0 Å². The van der Waals surface area contributed by atoms with Crippen LogP contribution in [0.5, 0.6) is 0 Å². The molecule has 0 unspecified atom stereocenters. The Balaban J connectivity index is 2.38. The Labute approximate surface area is 113 Å². The monoisotopic (exact) mass is 299 g/mol. The van der Waals surface area contributed by atoms with Crippen molar-refractivity contribution in [1.29, 1.82) is 0 Å². The molecule has 3 atom stereocenters. The quantitative estimate of drug-likeness (QED) is 0.723. The molecule has 2 aliphatic heterocycles. The van der Waals surface area contributed by atoms with E-state index in [1.54, 1.807) is 0 Å². The van der Waals surface area contributed by atoms with Gasteiger partial charge in [0.1, 0.15) is 0 Å². The number of thioether (sulfide) groups is 1. The first-order valence-corrected chi connectivity index (χ1v) is 7.14. The lowest BCUT2D eigenvalue weighted by Crippen LogP contribution is -2.58. The van der Waals surface area contributed by atoms with Gasteiger partial charge in [-0.15, -0.1) is 11.8 Å². The van der Waals surface area contributed by atoms with E-state index in [0.29, 0.717) is 0 Å². The number of ether oxygens (including phenoxy) is 2. The van der Waals surface area contributed by atoms with Crippen molar-refractivity contribution in [2.75, 3.05) is 33.1 Å². The minimum Gasteiger partial charge on any atom is -0.469 e. The molecule has 0 N–H and O–H groups in total. The molecule has 0 amide bonds. The zero-order valence-electron chi connectivity index (χ0n) is 10.7. The first kappa shape index (κ1) is 14.9. The van der Waals surface area contributed by atoms with E-state index in [1.807, 2.05) is 0 Å². The lowest BCUT2D eigenvalue weighted by atomic mass is 9.99. The van der Waals surface area contributed by atoms with Crippen molar-refractivity contribution < 1.29 is 27.4 Å². The molecule has 2 saturated heterocycles. The molecule has 110 valence electrons. The second-order valence-electron chi connectivity index (χ2n) is 4.66. The standard InChI is InChI=1S/C11H16F3NO3S/c1-17-9(16)7-5-10(19-2,11(12,13)14)15-3-4-18-6-8(7)15/h7-8H,3-6H2,1-2H3/t7-,8-,10-/m1/s1. The summed E-state index contributed by atoms with van der Waals surface area (Å²) in [5.74, 6) is -1.39. The Hall–Kier alpha value is -0.470. The Morgan fingerprint density at radius 2 is 2.21 bits per heavy atom. The Bertz CT molecular complexity index is 366. The van der Waals surface area contributed by atoms with E-state index in [0.717, 1.165) is 11.8 Å². The number of nitrogens with zero attached hydrogens (tertiary/aromatic N) is 1. The number of carbonyl (C=O) groups excluding carboxylic acids is 1. The molecule has 2 fully saturated rings. The van der Waals surface area contributed by atoms with E-state index in [9.17, 15) is 18.0 Å². The Morgan fingerprint density at radius 1 is 1.53 bits per heavy atom. The molecule has 2 heterocycles. The van der Waals surface area contributed by atoms with Gasteiger partial charge in [-0.3, -0.25) is 9.69 Å². The number of carbonyl (C=O) groups is 1. The zero-order valence-corrected chi connectivity index (χ0v) is 11.5. The number of methoxy groups -OCH3 is 1. The summed E-state index contributed by atoms with van der Waals surface area (Å²) in [7, 11) is 1.20. The van der Waals surface area contributed by atoms with Gasteiger partial charge < -0.3 is 9.47 Å². The third-order valence-corrected chi connectivity index (χ3v) is 5.18. The molecular formula is C11H16F3NO3S. The van der Waals surface area contributed by atoms with Crippen molar-refractivity contribution >= 4 is 17.7 Å². The molecule has 0 aromatic heterocycles. The van der Waals surface area contributed by atoms with Crippen LogP contribution in [0.25, 0.3) is 0 Å². The number of rotatable bonds is 2. The van der Waals surface area contributed by atoms with Crippen LogP contribution in [-0.4, -0.2) is 61.1 Å². The fraction of sp³-hybridized carbons (Fsp3) is 0.909. The number of hydrogen-bond acceptors (Lipinski definition) is 5. The van der Waals surface area contributed by atoms with Crippen LogP contribution in [0.3, 0.4) is 0 Å². The molecule has 0 aromatic rings. The highest BCUT2D eigenvalue weighted by Crippen LogP contribution is 2.54. The number of esters is 1. The van der Waals surface area contributed by atoms with Crippen molar-refractivity contribution in [2.45, 2.75) is 23.5 Å². The predicted molar refractivity (Wildman–Crippen MR) is 63.7 cm³/mol. The summed E-state index contributed by atoms with van der Waals surface area (Å²) < 4.78 is 50.3. The van der Waals surface area contributed by atoms with Crippen LogP contribution in [0, 0.1) is 5.92 Å². The van der Waals surface area contributed by atoms with E-state index < -0.39 is 29.0 Å². The van der Waals surface area contributed by atoms with Crippen LogP contribution >= 0.6 is 11.8 Å². The highest BCUT2D eigenvalue weighted by molar-refractivity contribution is 8.00. The highest BCUT2D eigenvalue weighted by atomic mass is 32.2. The van der Waals surface area contributed by atoms with Gasteiger partial charge in [-0.1, -0.05) is 0 Å². The van der Waals surface area contributed by atoms with Crippen molar-refractivity contribution in [3.63, 3.8) is 0 Å². The molecule has 0 spiro atoms. The van der Waals surface area contributed by atoms with Crippen molar-refractivity contribution in [3.05, 3.63) is 0 Å². The van der Waals surface area contributed by atoms with Crippen molar-refractivity contribution in [3.8, 4) is 0 Å². The smallest absolute Gasteiger partial charge is 0.416 e. The van der Waals surface area contributed by atoms with E-state index >= 15 is 0 Å². The SMILES string of the molecule is COC(=O)[C@@H]1C[C@@](SC)(C(F)(F)F)N2CCOC[C@H]12. The largest absolute Gasteiger partial charge is 0.469 e. The molecule has 0 bridgehead atoms.